The van der Waals surface area contributed by atoms with E-state index in [0.29, 0.717) is 23.3 Å². The number of hydrogen-bond donors (Lipinski definition) is 0. The number of benzene rings is 2. The number of aromatic nitrogens is 2. The molecule has 0 N–H and O–H groups in total. The number of aryl methyl sites for hydroxylation is 1. The lowest BCUT2D eigenvalue weighted by atomic mass is 10.1. The molecule has 33 heavy (non-hydrogen) atoms. The number of fused-ring (bicyclic) bond motifs is 1. The van der Waals surface area contributed by atoms with E-state index in [0.717, 1.165) is 17.7 Å². The van der Waals surface area contributed by atoms with E-state index in [1.807, 2.05) is 58.8 Å². The van der Waals surface area contributed by atoms with Crippen molar-refractivity contribution in [3.05, 3.63) is 92.7 Å². The number of rotatable bonds is 8. The normalized spacial score (nSPS) is 12.0. The van der Waals surface area contributed by atoms with Gasteiger partial charge in [0.15, 0.2) is 0 Å². The van der Waals surface area contributed by atoms with Crippen molar-refractivity contribution in [2.45, 2.75) is 39.4 Å². The van der Waals surface area contributed by atoms with Crippen LogP contribution in [0, 0.1) is 6.92 Å². The molecule has 0 saturated carbocycles. The number of carbonyl (C=O) groups is 1. The quantitative estimate of drug-likeness (QED) is 0.389. The van der Waals surface area contributed by atoms with Crippen molar-refractivity contribution in [3.8, 4) is 5.75 Å². The first kappa shape index (κ1) is 22.7. The molecule has 0 aliphatic carbocycles. The fourth-order valence-electron chi connectivity index (χ4n) is 3.94. The highest BCUT2D eigenvalue weighted by atomic mass is 32.1. The van der Waals surface area contributed by atoms with Crippen LogP contribution in [0.1, 0.15) is 23.2 Å². The van der Waals surface area contributed by atoms with E-state index < -0.39 is 0 Å². The van der Waals surface area contributed by atoms with Gasteiger partial charge in [-0.3, -0.25) is 14.2 Å². The maximum Gasteiger partial charge on any atom is 0.261 e. The van der Waals surface area contributed by atoms with Crippen LogP contribution in [0.15, 0.2) is 70.8 Å². The number of hydrogen-bond acceptors (Lipinski definition) is 5. The van der Waals surface area contributed by atoms with Crippen LogP contribution in [0.25, 0.3) is 10.9 Å². The van der Waals surface area contributed by atoms with E-state index in [2.05, 4.69) is 18.0 Å². The smallest absolute Gasteiger partial charge is 0.261 e. The molecule has 0 bridgehead atoms. The molecule has 0 aliphatic heterocycles. The highest BCUT2D eigenvalue weighted by Gasteiger charge is 2.23. The average Bonchev–Trinajstić information content (AvgIpc) is 3.33. The van der Waals surface area contributed by atoms with Gasteiger partial charge in [0.05, 0.1) is 18.0 Å². The maximum atomic E-state index is 13.6. The Balaban J connectivity index is 1.63. The van der Waals surface area contributed by atoms with Crippen molar-refractivity contribution in [1.29, 1.82) is 0 Å². The average molecular weight is 462 g/mol. The molecule has 0 saturated heterocycles. The molecule has 0 fully saturated rings. The third-order valence-corrected chi connectivity index (χ3v) is 6.69. The van der Waals surface area contributed by atoms with Crippen LogP contribution in [0.3, 0.4) is 0 Å². The lowest BCUT2D eigenvalue weighted by molar-refractivity contribution is -0.134. The van der Waals surface area contributed by atoms with Gasteiger partial charge in [0.1, 0.15) is 18.1 Å². The van der Waals surface area contributed by atoms with E-state index in [4.69, 9.17) is 4.74 Å². The minimum atomic E-state index is -0.193. The minimum absolute atomic E-state index is 0.0392. The zero-order valence-electron chi connectivity index (χ0n) is 19.0. The van der Waals surface area contributed by atoms with Crippen LogP contribution in [-0.4, -0.2) is 33.5 Å². The number of para-hydroxylation sites is 1. The predicted molar refractivity (Wildman–Crippen MR) is 132 cm³/mol. The van der Waals surface area contributed by atoms with Gasteiger partial charge in [0.25, 0.3) is 5.56 Å². The monoisotopic (exact) mass is 461 g/mol. The zero-order valence-corrected chi connectivity index (χ0v) is 19.8. The number of carbonyl (C=O) groups excluding carboxylic acids is 1. The summed E-state index contributed by atoms with van der Waals surface area (Å²) in [5.41, 5.74) is 1.45. The summed E-state index contributed by atoms with van der Waals surface area (Å²) in [6, 6.07) is 19.0. The molecule has 170 valence electrons. The second-order valence-corrected chi connectivity index (χ2v) is 9.10. The molecule has 6 nitrogen and oxygen atoms in total. The molecule has 7 heteroatoms. The number of thiophene rings is 1. The molecule has 2 heterocycles. The van der Waals surface area contributed by atoms with Crippen molar-refractivity contribution in [1.82, 2.24) is 14.5 Å². The van der Waals surface area contributed by atoms with Crippen molar-refractivity contribution in [2.24, 2.45) is 0 Å². The number of ether oxygens (including phenoxy) is 1. The molecule has 4 rings (SSSR count). The maximum absolute atomic E-state index is 13.6. The summed E-state index contributed by atoms with van der Waals surface area (Å²) >= 11 is 1.68. The van der Waals surface area contributed by atoms with Crippen LogP contribution < -0.4 is 10.3 Å². The molecule has 0 radical (unpaired) electrons. The Morgan fingerprint density at radius 3 is 2.58 bits per heavy atom. The van der Waals surface area contributed by atoms with E-state index >= 15 is 0 Å². The Bertz CT molecular complexity index is 1300. The predicted octanol–water partition coefficient (Wildman–Crippen LogP) is 4.44. The van der Waals surface area contributed by atoms with E-state index in [1.54, 1.807) is 31.4 Å². The number of nitrogens with zero attached hydrogens (tertiary/aromatic N) is 3. The lowest BCUT2D eigenvalue weighted by Crippen LogP contribution is -2.43. The molecule has 1 amide bonds. The van der Waals surface area contributed by atoms with Crippen LogP contribution in [0.5, 0.6) is 5.75 Å². The highest BCUT2D eigenvalue weighted by molar-refractivity contribution is 7.09. The SMILES string of the molecule is COc1ccc(CN(C(=O)Cn2c(C)nc3ccccc3c2=O)C(C)Cc2cccs2)cc1. The van der Waals surface area contributed by atoms with E-state index in [9.17, 15) is 9.59 Å². The zero-order chi connectivity index (χ0) is 23.4. The molecule has 4 aromatic rings. The van der Waals surface area contributed by atoms with Gasteiger partial charge >= 0.3 is 0 Å². The van der Waals surface area contributed by atoms with Crippen molar-refractivity contribution >= 4 is 28.1 Å². The summed E-state index contributed by atoms with van der Waals surface area (Å²) in [6.45, 7) is 4.22. The van der Waals surface area contributed by atoms with Crippen LogP contribution in [-0.2, 0) is 24.3 Å². The summed E-state index contributed by atoms with van der Waals surface area (Å²) in [7, 11) is 1.63. The second kappa shape index (κ2) is 10.0. The summed E-state index contributed by atoms with van der Waals surface area (Å²) < 4.78 is 6.73. The standard InChI is InChI=1S/C26H27N3O3S/c1-18(15-22-7-6-14-33-22)28(16-20-10-12-21(32-3)13-11-20)25(30)17-29-19(2)27-24-9-5-4-8-23(24)26(29)31/h4-14,18H,15-17H2,1-3H3. The van der Waals surface area contributed by atoms with E-state index in [-0.39, 0.29) is 24.1 Å². The minimum Gasteiger partial charge on any atom is -0.497 e. The highest BCUT2D eigenvalue weighted by Crippen LogP contribution is 2.19. The van der Waals surface area contributed by atoms with Gasteiger partial charge in [0, 0.05) is 23.9 Å². The first-order valence-corrected chi connectivity index (χ1v) is 11.7. The van der Waals surface area contributed by atoms with Gasteiger partial charge in [-0.05, 0) is 55.1 Å². The van der Waals surface area contributed by atoms with Gasteiger partial charge in [-0.25, -0.2) is 4.98 Å². The molecule has 1 unspecified atom stereocenters. The Labute approximate surface area is 197 Å². The lowest BCUT2D eigenvalue weighted by Gasteiger charge is -2.30. The van der Waals surface area contributed by atoms with Gasteiger partial charge in [0.2, 0.25) is 5.91 Å². The fourth-order valence-corrected chi connectivity index (χ4v) is 4.77. The summed E-state index contributed by atoms with van der Waals surface area (Å²) in [5.74, 6) is 1.19. The van der Waals surface area contributed by atoms with Crippen LogP contribution in [0.4, 0.5) is 0 Å². The summed E-state index contributed by atoms with van der Waals surface area (Å²) in [4.78, 5) is 34.3. The first-order valence-electron chi connectivity index (χ1n) is 10.9. The van der Waals surface area contributed by atoms with Gasteiger partial charge in [-0.2, -0.15) is 0 Å². The molecule has 1 atom stereocenters. The van der Waals surface area contributed by atoms with E-state index in [1.165, 1.54) is 9.44 Å². The molecule has 0 aliphatic rings. The van der Waals surface area contributed by atoms with Gasteiger partial charge in [-0.15, -0.1) is 11.3 Å². The topological polar surface area (TPSA) is 64.4 Å². The first-order chi connectivity index (χ1) is 16.0. The van der Waals surface area contributed by atoms with Gasteiger partial charge in [-0.1, -0.05) is 30.3 Å². The Morgan fingerprint density at radius 2 is 1.88 bits per heavy atom. The largest absolute Gasteiger partial charge is 0.497 e. The summed E-state index contributed by atoms with van der Waals surface area (Å²) in [5, 5.41) is 2.56. The fraction of sp³-hybridized carbons (Fsp3) is 0.269. The van der Waals surface area contributed by atoms with Crippen LogP contribution in [0.2, 0.25) is 0 Å². The molecule has 0 spiro atoms. The molecule has 2 aromatic carbocycles. The van der Waals surface area contributed by atoms with Crippen LogP contribution >= 0.6 is 11.3 Å². The van der Waals surface area contributed by atoms with Gasteiger partial charge < -0.3 is 9.64 Å². The number of methoxy groups -OCH3 is 1. The van der Waals surface area contributed by atoms with Crippen molar-refractivity contribution in [2.75, 3.05) is 7.11 Å². The Kier molecular flexibility index (Phi) is 6.89. The number of amides is 1. The van der Waals surface area contributed by atoms with Crippen molar-refractivity contribution < 1.29 is 9.53 Å². The molecular formula is C26H27N3O3S. The van der Waals surface area contributed by atoms with Crippen molar-refractivity contribution in [3.63, 3.8) is 0 Å². The molecule has 2 aromatic heterocycles. The molecular weight excluding hydrogens is 434 g/mol. The Morgan fingerprint density at radius 1 is 1.12 bits per heavy atom. The summed E-state index contributed by atoms with van der Waals surface area (Å²) in [6.07, 6.45) is 0.753. The third-order valence-electron chi connectivity index (χ3n) is 5.79. The second-order valence-electron chi connectivity index (χ2n) is 8.07. The third kappa shape index (κ3) is 5.14. The Hall–Kier alpha value is -3.45.